The minimum atomic E-state index is 0.718. The first-order chi connectivity index (χ1) is 16.3. The maximum Gasteiger partial charge on any atom is 0.159 e. The van der Waals surface area contributed by atoms with Gasteiger partial charge in [0.05, 0.1) is 6.61 Å². The van der Waals surface area contributed by atoms with Gasteiger partial charge in [0, 0.05) is 18.0 Å². The van der Waals surface area contributed by atoms with Gasteiger partial charge in [-0.3, -0.25) is 0 Å². The first kappa shape index (κ1) is 27.1. The molecule has 0 unspecified atom stereocenters. The molecule has 0 aliphatic rings. The molecule has 0 spiro atoms. The molecule has 2 aromatic rings. The van der Waals surface area contributed by atoms with Crippen LogP contribution >= 0.6 is 0 Å². The van der Waals surface area contributed by atoms with Crippen molar-refractivity contribution in [2.75, 3.05) is 6.61 Å². The van der Waals surface area contributed by atoms with Gasteiger partial charge in [-0.15, -0.1) is 0 Å². The molecule has 0 radical (unpaired) electrons. The summed E-state index contributed by atoms with van der Waals surface area (Å²) in [6, 6.07) is 8.13. The van der Waals surface area contributed by atoms with Crippen molar-refractivity contribution in [1.29, 1.82) is 0 Å². The molecular weight excluding hydrogens is 404 g/mol. The van der Waals surface area contributed by atoms with E-state index in [1.807, 2.05) is 36.7 Å². The molecule has 0 bridgehead atoms. The van der Waals surface area contributed by atoms with Crippen LogP contribution in [0.1, 0.15) is 109 Å². The summed E-state index contributed by atoms with van der Waals surface area (Å²) in [5.41, 5.74) is 2.27. The lowest BCUT2D eigenvalue weighted by molar-refractivity contribution is 0.325. The lowest BCUT2D eigenvalue weighted by Crippen LogP contribution is -1.96. The Morgan fingerprint density at radius 1 is 0.667 bits per heavy atom. The number of aromatic nitrogens is 2. The average Bonchev–Trinajstić information content (AvgIpc) is 2.85. The van der Waals surface area contributed by atoms with Crippen LogP contribution in [0.5, 0.6) is 5.75 Å². The number of ether oxygens (including phenoxy) is 1. The molecule has 3 nitrogen and oxygen atoms in total. The standard InChI is InChI=1S/C30H46N2O/c1-3-5-7-9-11-12-14-16-18-24-33-29-22-20-28(21-23-29)30-31-25-27(26-32-30)19-17-15-13-10-8-6-4-2/h14,16,20-23,25-26H,3-13,15,17-19,24H2,1-2H3/b16-14-. The van der Waals surface area contributed by atoms with Crippen LogP contribution in [0.3, 0.4) is 0 Å². The molecule has 1 heterocycles. The van der Waals surface area contributed by atoms with Gasteiger partial charge in [-0.05, 0) is 61.9 Å². The predicted octanol–water partition coefficient (Wildman–Crippen LogP) is 9.12. The SMILES string of the molecule is CCCCCCC/C=C\CCOc1ccc(-c2ncc(CCCCCCCCC)cn2)cc1. The van der Waals surface area contributed by atoms with Gasteiger partial charge in [-0.25, -0.2) is 9.97 Å². The van der Waals surface area contributed by atoms with Crippen molar-refractivity contribution >= 4 is 0 Å². The summed E-state index contributed by atoms with van der Waals surface area (Å²) in [7, 11) is 0. The van der Waals surface area contributed by atoms with Crippen LogP contribution in [0, 0.1) is 0 Å². The Hall–Kier alpha value is -2.16. The molecule has 182 valence electrons. The lowest BCUT2D eigenvalue weighted by atomic mass is 10.1. The molecule has 0 aliphatic carbocycles. The normalized spacial score (nSPS) is 11.3. The molecule has 0 fully saturated rings. The second-order valence-electron chi connectivity index (χ2n) is 9.12. The van der Waals surface area contributed by atoms with E-state index in [2.05, 4.69) is 36.0 Å². The fourth-order valence-corrected chi connectivity index (χ4v) is 3.97. The third kappa shape index (κ3) is 12.6. The molecule has 0 amide bonds. The highest BCUT2D eigenvalue weighted by molar-refractivity contribution is 5.55. The van der Waals surface area contributed by atoms with Gasteiger partial charge in [-0.2, -0.15) is 0 Å². The van der Waals surface area contributed by atoms with Crippen LogP contribution in [0.15, 0.2) is 48.8 Å². The monoisotopic (exact) mass is 450 g/mol. The molecule has 0 N–H and O–H groups in total. The topological polar surface area (TPSA) is 35.0 Å². The van der Waals surface area contributed by atoms with Crippen molar-refractivity contribution in [3.63, 3.8) is 0 Å². The molecule has 1 aromatic carbocycles. The van der Waals surface area contributed by atoms with Crippen molar-refractivity contribution in [2.24, 2.45) is 0 Å². The number of rotatable bonds is 19. The first-order valence-corrected chi connectivity index (χ1v) is 13.5. The van der Waals surface area contributed by atoms with Gasteiger partial charge in [-0.1, -0.05) is 90.2 Å². The zero-order chi connectivity index (χ0) is 23.4. The summed E-state index contributed by atoms with van der Waals surface area (Å²) in [6.07, 6.45) is 27.8. The van der Waals surface area contributed by atoms with Crippen molar-refractivity contribution in [1.82, 2.24) is 9.97 Å². The highest BCUT2D eigenvalue weighted by Crippen LogP contribution is 2.20. The smallest absolute Gasteiger partial charge is 0.159 e. The number of unbranched alkanes of at least 4 members (excludes halogenated alkanes) is 11. The molecule has 0 atom stereocenters. The summed E-state index contributed by atoms with van der Waals surface area (Å²) < 4.78 is 5.87. The van der Waals surface area contributed by atoms with E-state index in [1.54, 1.807) is 0 Å². The zero-order valence-corrected chi connectivity index (χ0v) is 21.2. The molecular formula is C30H46N2O. The van der Waals surface area contributed by atoms with E-state index >= 15 is 0 Å². The second-order valence-corrected chi connectivity index (χ2v) is 9.12. The van der Waals surface area contributed by atoms with E-state index in [0.29, 0.717) is 0 Å². The molecule has 3 heteroatoms. The summed E-state index contributed by atoms with van der Waals surface area (Å²) in [5.74, 6) is 1.69. The summed E-state index contributed by atoms with van der Waals surface area (Å²) in [5, 5.41) is 0. The molecule has 1 aromatic heterocycles. The van der Waals surface area contributed by atoms with Gasteiger partial charge in [0.25, 0.3) is 0 Å². The van der Waals surface area contributed by atoms with Crippen molar-refractivity contribution < 1.29 is 4.74 Å². The Morgan fingerprint density at radius 3 is 1.91 bits per heavy atom. The Labute approximate surface area is 203 Å². The largest absolute Gasteiger partial charge is 0.493 e. The quantitative estimate of drug-likeness (QED) is 0.158. The fraction of sp³-hybridized carbons (Fsp3) is 0.600. The number of benzene rings is 1. The van der Waals surface area contributed by atoms with Gasteiger partial charge in [0.15, 0.2) is 5.82 Å². The van der Waals surface area contributed by atoms with E-state index in [1.165, 1.54) is 89.0 Å². The van der Waals surface area contributed by atoms with E-state index in [0.717, 1.165) is 36.6 Å². The van der Waals surface area contributed by atoms with Gasteiger partial charge in [0.2, 0.25) is 0 Å². The van der Waals surface area contributed by atoms with Crippen LogP contribution in [-0.4, -0.2) is 16.6 Å². The van der Waals surface area contributed by atoms with Crippen LogP contribution < -0.4 is 4.74 Å². The zero-order valence-electron chi connectivity index (χ0n) is 21.2. The average molecular weight is 451 g/mol. The van der Waals surface area contributed by atoms with E-state index in [9.17, 15) is 0 Å². The second kappa shape index (κ2) is 18.3. The third-order valence-electron chi connectivity index (χ3n) is 6.08. The number of aryl methyl sites for hydroxylation is 1. The van der Waals surface area contributed by atoms with E-state index in [-0.39, 0.29) is 0 Å². The highest BCUT2D eigenvalue weighted by Gasteiger charge is 2.03. The fourth-order valence-electron chi connectivity index (χ4n) is 3.97. The molecule has 33 heavy (non-hydrogen) atoms. The maximum atomic E-state index is 5.87. The predicted molar refractivity (Wildman–Crippen MR) is 142 cm³/mol. The molecule has 2 rings (SSSR count). The third-order valence-corrected chi connectivity index (χ3v) is 6.08. The summed E-state index contributed by atoms with van der Waals surface area (Å²) >= 11 is 0. The van der Waals surface area contributed by atoms with Crippen LogP contribution in [0.4, 0.5) is 0 Å². The first-order valence-electron chi connectivity index (χ1n) is 13.5. The van der Waals surface area contributed by atoms with Gasteiger partial charge in [0.1, 0.15) is 5.75 Å². The summed E-state index contributed by atoms with van der Waals surface area (Å²) in [4.78, 5) is 9.17. The van der Waals surface area contributed by atoms with E-state index in [4.69, 9.17) is 4.74 Å². The van der Waals surface area contributed by atoms with Gasteiger partial charge >= 0.3 is 0 Å². The van der Waals surface area contributed by atoms with Gasteiger partial charge < -0.3 is 4.74 Å². The van der Waals surface area contributed by atoms with Crippen LogP contribution in [-0.2, 0) is 6.42 Å². The number of hydrogen-bond donors (Lipinski definition) is 0. The minimum Gasteiger partial charge on any atom is -0.493 e. The minimum absolute atomic E-state index is 0.718. The molecule has 0 saturated heterocycles. The highest BCUT2D eigenvalue weighted by atomic mass is 16.5. The Bertz CT molecular complexity index is 737. The Kier molecular flexibility index (Phi) is 15.0. The summed E-state index contributed by atoms with van der Waals surface area (Å²) in [6.45, 7) is 5.25. The Balaban J connectivity index is 1.61. The number of hydrogen-bond acceptors (Lipinski definition) is 3. The van der Waals surface area contributed by atoms with Crippen LogP contribution in [0.25, 0.3) is 11.4 Å². The van der Waals surface area contributed by atoms with Crippen molar-refractivity contribution in [3.8, 4) is 17.1 Å². The lowest BCUT2D eigenvalue weighted by Gasteiger charge is -2.06. The number of allylic oxidation sites excluding steroid dienone is 1. The van der Waals surface area contributed by atoms with Crippen molar-refractivity contribution in [3.05, 3.63) is 54.4 Å². The maximum absolute atomic E-state index is 5.87. The van der Waals surface area contributed by atoms with Crippen molar-refractivity contribution in [2.45, 2.75) is 110 Å². The molecule has 0 saturated carbocycles. The Morgan fingerprint density at radius 2 is 1.24 bits per heavy atom. The molecule has 0 aliphatic heterocycles. The number of nitrogens with zero attached hydrogens (tertiary/aromatic N) is 2. The van der Waals surface area contributed by atoms with E-state index < -0.39 is 0 Å². The van der Waals surface area contributed by atoms with Crippen LogP contribution in [0.2, 0.25) is 0 Å².